The molecule has 0 aliphatic carbocycles. The fourth-order valence-corrected chi connectivity index (χ4v) is 2.08. The average Bonchev–Trinajstić information content (AvgIpc) is 2.55. The van der Waals surface area contributed by atoms with Gasteiger partial charge < -0.3 is 20.1 Å². The van der Waals surface area contributed by atoms with Crippen LogP contribution >= 0.6 is 0 Å². The largest absolute Gasteiger partial charge is 0.497 e. The molecule has 0 aliphatic heterocycles. The van der Waals surface area contributed by atoms with Crippen LogP contribution in [0.15, 0.2) is 36.8 Å². The third-order valence-electron chi connectivity index (χ3n) is 3.17. The zero-order valence-corrected chi connectivity index (χ0v) is 13.4. The van der Waals surface area contributed by atoms with E-state index in [4.69, 9.17) is 9.47 Å². The van der Waals surface area contributed by atoms with E-state index < -0.39 is 0 Å². The molecule has 0 spiro atoms. The van der Waals surface area contributed by atoms with Gasteiger partial charge in [0.05, 0.1) is 25.6 Å². The molecule has 1 atom stereocenters. The van der Waals surface area contributed by atoms with Crippen molar-refractivity contribution in [3.63, 3.8) is 0 Å². The van der Waals surface area contributed by atoms with Gasteiger partial charge in [-0.1, -0.05) is 0 Å². The van der Waals surface area contributed by atoms with Crippen LogP contribution in [0.1, 0.15) is 12.6 Å². The number of hydrogen-bond acceptors (Lipinski definition) is 5. The first-order chi connectivity index (χ1) is 11.1. The van der Waals surface area contributed by atoms with Crippen LogP contribution in [0.4, 0.5) is 10.5 Å². The molecule has 7 nitrogen and oxygen atoms in total. The van der Waals surface area contributed by atoms with Crippen molar-refractivity contribution >= 4 is 11.7 Å². The Morgan fingerprint density at radius 1 is 1.26 bits per heavy atom. The number of ether oxygens (including phenoxy) is 2. The summed E-state index contributed by atoms with van der Waals surface area (Å²) in [5, 5.41) is 5.61. The van der Waals surface area contributed by atoms with E-state index in [0.717, 1.165) is 5.69 Å². The molecule has 1 heterocycles. The predicted molar refractivity (Wildman–Crippen MR) is 86.9 cm³/mol. The highest BCUT2D eigenvalue weighted by Crippen LogP contribution is 2.28. The molecule has 0 unspecified atom stereocenters. The SMILES string of the molecule is COc1ccc(NC(=O)N[C@@H](C)Cc2cnccn2)c(OC)c1. The summed E-state index contributed by atoms with van der Waals surface area (Å²) < 4.78 is 10.4. The summed E-state index contributed by atoms with van der Waals surface area (Å²) in [5.41, 5.74) is 1.39. The highest BCUT2D eigenvalue weighted by atomic mass is 16.5. The van der Waals surface area contributed by atoms with Crippen LogP contribution in [0, 0.1) is 0 Å². The van der Waals surface area contributed by atoms with Gasteiger partial charge >= 0.3 is 6.03 Å². The van der Waals surface area contributed by atoms with E-state index in [-0.39, 0.29) is 12.1 Å². The smallest absolute Gasteiger partial charge is 0.319 e. The maximum absolute atomic E-state index is 12.1. The number of aromatic nitrogens is 2. The summed E-state index contributed by atoms with van der Waals surface area (Å²) in [4.78, 5) is 20.3. The maximum Gasteiger partial charge on any atom is 0.319 e. The molecule has 122 valence electrons. The molecule has 0 saturated heterocycles. The Labute approximate surface area is 135 Å². The minimum Gasteiger partial charge on any atom is -0.497 e. The van der Waals surface area contributed by atoms with Crippen LogP contribution in [0.5, 0.6) is 11.5 Å². The number of rotatable bonds is 6. The van der Waals surface area contributed by atoms with E-state index >= 15 is 0 Å². The van der Waals surface area contributed by atoms with E-state index in [1.165, 1.54) is 7.11 Å². The van der Waals surface area contributed by atoms with E-state index in [0.29, 0.717) is 23.6 Å². The van der Waals surface area contributed by atoms with E-state index in [9.17, 15) is 4.79 Å². The Bertz CT molecular complexity index is 649. The van der Waals surface area contributed by atoms with Crippen LogP contribution in [-0.4, -0.2) is 36.3 Å². The quantitative estimate of drug-likeness (QED) is 0.853. The van der Waals surface area contributed by atoms with Gasteiger partial charge in [-0.05, 0) is 19.1 Å². The lowest BCUT2D eigenvalue weighted by molar-refractivity contribution is 0.249. The third-order valence-corrected chi connectivity index (χ3v) is 3.17. The molecule has 0 bridgehead atoms. The molecular weight excluding hydrogens is 296 g/mol. The monoisotopic (exact) mass is 316 g/mol. The number of nitrogens with one attached hydrogen (secondary N) is 2. The number of carbonyl (C=O) groups is 1. The Balaban J connectivity index is 1.94. The zero-order valence-electron chi connectivity index (χ0n) is 13.4. The van der Waals surface area contributed by atoms with Gasteiger partial charge in [0.15, 0.2) is 0 Å². The minimum atomic E-state index is -0.315. The van der Waals surface area contributed by atoms with Gasteiger partial charge in [0.2, 0.25) is 0 Å². The second kappa shape index (κ2) is 7.98. The van der Waals surface area contributed by atoms with Crippen molar-refractivity contribution in [2.24, 2.45) is 0 Å². The van der Waals surface area contributed by atoms with E-state index in [1.807, 2.05) is 6.92 Å². The Morgan fingerprint density at radius 3 is 2.74 bits per heavy atom. The topological polar surface area (TPSA) is 85.4 Å². The summed E-state index contributed by atoms with van der Waals surface area (Å²) in [6, 6.07) is 4.78. The first-order valence-corrected chi connectivity index (χ1v) is 7.16. The number of nitrogens with zero attached hydrogens (tertiary/aromatic N) is 2. The van der Waals surface area contributed by atoms with Gasteiger partial charge in [0.1, 0.15) is 11.5 Å². The molecule has 1 aromatic carbocycles. The fraction of sp³-hybridized carbons (Fsp3) is 0.312. The van der Waals surface area contributed by atoms with Crippen molar-refractivity contribution in [3.05, 3.63) is 42.5 Å². The van der Waals surface area contributed by atoms with Crippen molar-refractivity contribution in [2.45, 2.75) is 19.4 Å². The lowest BCUT2D eigenvalue weighted by Gasteiger charge is -2.16. The number of methoxy groups -OCH3 is 2. The number of carbonyl (C=O) groups excluding carboxylic acids is 1. The molecular formula is C16H20N4O3. The predicted octanol–water partition coefficient (Wildman–Crippen LogP) is 2.25. The molecule has 0 fully saturated rings. The minimum absolute atomic E-state index is 0.0871. The van der Waals surface area contributed by atoms with Gasteiger partial charge in [-0.25, -0.2) is 4.79 Å². The van der Waals surface area contributed by atoms with Crippen LogP contribution in [0.25, 0.3) is 0 Å². The third kappa shape index (κ3) is 4.84. The summed E-state index contributed by atoms with van der Waals surface area (Å²) in [5.74, 6) is 1.19. The Kier molecular flexibility index (Phi) is 5.74. The lowest BCUT2D eigenvalue weighted by Crippen LogP contribution is -2.37. The van der Waals surface area contributed by atoms with E-state index in [1.54, 1.807) is 43.9 Å². The average molecular weight is 316 g/mol. The number of amides is 2. The van der Waals surface area contributed by atoms with Gasteiger partial charge in [0.25, 0.3) is 0 Å². The van der Waals surface area contributed by atoms with Crippen LogP contribution < -0.4 is 20.1 Å². The molecule has 0 saturated carbocycles. The summed E-state index contributed by atoms with van der Waals surface area (Å²) in [7, 11) is 3.11. The maximum atomic E-state index is 12.1. The van der Waals surface area contributed by atoms with Gasteiger partial charge in [-0.15, -0.1) is 0 Å². The molecule has 0 aliphatic rings. The van der Waals surface area contributed by atoms with Crippen LogP contribution in [0.3, 0.4) is 0 Å². The zero-order chi connectivity index (χ0) is 16.7. The second-order valence-electron chi connectivity index (χ2n) is 4.97. The molecule has 2 rings (SSSR count). The van der Waals surface area contributed by atoms with Crippen molar-refractivity contribution < 1.29 is 14.3 Å². The van der Waals surface area contributed by atoms with E-state index in [2.05, 4.69) is 20.6 Å². The number of benzene rings is 1. The summed E-state index contributed by atoms with van der Waals surface area (Å²) >= 11 is 0. The van der Waals surface area contributed by atoms with Crippen molar-refractivity contribution in [1.29, 1.82) is 0 Å². The highest BCUT2D eigenvalue weighted by Gasteiger charge is 2.12. The Hall–Kier alpha value is -2.83. The molecule has 7 heteroatoms. The summed E-state index contributed by atoms with van der Waals surface area (Å²) in [6.07, 6.45) is 5.53. The molecule has 0 radical (unpaired) electrons. The molecule has 2 aromatic rings. The summed E-state index contributed by atoms with van der Waals surface area (Å²) in [6.45, 7) is 1.90. The number of anilines is 1. The van der Waals surface area contributed by atoms with Crippen molar-refractivity contribution in [1.82, 2.24) is 15.3 Å². The first-order valence-electron chi connectivity index (χ1n) is 7.16. The molecule has 23 heavy (non-hydrogen) atoms. The van der Waals surface area contributed by atoms with Gasteiger partial charge in [-0.3, -0.25) is 9.97 Å². The fourth-order valence-electron chi connectivity index (χ4n) is 2.08. The van der Waals surface area contributed by atoms with Crippen LogP contribution in [-0.2, 0) is 6.42 Å². The van der Waals surface area contributed by atoms with Crippen molar-refractivity contribution in [3.8, 4) is 11.5 Å². The van der Waals surface area contributed by atoms with Gasteiger partial charge in [-0.2, -0.15) is 0 Å². The standard InChI is InChI=1S/C16H20N4O3/c1-11(8-12-10-17-6-7-18-12)19-16(21)20-14-5-4-13(22-2)9-15(14)23-3/h4-7,9-11H,8H2,1-3H3,(H2,19,20,21)/t11-/m0/s1. The highest BCUT2D eigenvalue weighted by molar-refractivity contribution is 5.91. The molecule has 1 aromatic heterocycles. The van der Waals surface area contributed by atoms with Crippen molar-refractivity contribution in [2.75, 3.05) is 19.5 Å². The van der Waals surface area contributed by atoms with Crippen LogP contribution in [0.2, 0.25) is 0 Å². The number of urea groups is 1. The molecule has 2 N–H and O–H groups in total. The van der Waals surface area contributed by atoms with Gasteiger partial charge in [0, 0.05) is 37.1 Å². The second-order valence-corrected chi connectivity index (χ2v) is 4.97. The Morgan fingerprint density at radius 2 is 2.09 bits per heavy atom. The molecule has 2 amide bonds. The first kappa shape index (κ1) is 16.5. The normalized spacial score (nSPS) is 11.4. The number of hydrogen-bond donors (Lipinski definition) is 2. The lowest BCUT2D eigenvalue weighted by atomic mass is 10.2.